The summed E-state index contributed by atoms with van der Waals surface area (Å²) in [5, 5.41) is 12.7. The molecule has 1 fully saturated rings. The molecule has 17 nitrogen and oxygen atoms in total. The van der Waals surface area contributed by atoms with E-state index in [-0.39, 0.29) is 23.5 Å². The quantitative estimate of drug-likeness (QED) is 0.0301. The largest absolute Gasteiger partial charge is 0.494 e. The number of piperidine rings is 1. The average molecular weight is 896 g/mol. The fourth-order valence-corrected chi connectivity index (χ4v) is 6.67. The van der Waals surface area contributed by atoms with Crippen LogP contribution >= 0.6 is 0 Å². The van der Waals surface area contributed by atoms with Crippen LogP contribution in [0.2, 0.25) is 0 Å². The Morgan fingerprint density at radius 1 is 0.656 bits per heavy atom. The van der Waals surface area contributed by atoms with E-state index in [1.54, 1.807) is 90.1 Å². The second-order valence-electron chi connectivity index (χ2n) is 19.0. The highest BCUT2D eigenvalue weighted by atomic mass is 16.7. The highest BCUT2D eigenvalue weighted by molar-refractivity contribution is 5.98. The van der Waals surface area contributed by atoms with Crippen molar-refractivity contribution >= 4 is 35.8 Å². The van der Waals surface area contributed by atoms with E-state index in [1.807, 2.05) is 27.7 Å². The molecule has 2 atom stereocenters. The van der Waals surface area contributed by atoms with Crippen LogP contribution in [0.5, 0.6) is 11.5 Å². The molecule has 0 bridgehead atoms. The summed E-state index contributed by atoms with van der Waals surface area (Å²) in [5.74, 6) is 0.833. The summed E-state index contributed by atoms with van der Waals surface area (Å²) in [7, 11) is 0. The third-order valence-corrected chi connectivity index (χ3v) is 9.75. The maximum absolute atomic E-state index is 12.7. The first-order valence-corrected chi connectivity index (χ1v) is 22.3. The maximum Gasteiger partial charge on any atom is 0.408 e. The van der Waals surface area contributed by atoms with Crippen LogP contribution in [-0.2, 0) is 28.7 Å². The van der Waals surface area contributed by atoms with E-state index >= 15 is 0 Å². The first-order chi connectivity index (χ1) is 30.1. The third kappa shape index (κ3) is 21.2. The van der Waals surface area contributed by atoms with Gasteiger partial charge in [0.2, 0.25) is 0 Å². The number of hydrogen-bond donors (Lipinski definition) is 4. The van der Waals surface area contributed by atoms with Gasteiger partial charge >= 0.3 is 24.1 Å². The Labute approximate surface area is 379 Å². The predicted octanol–water partition coefficient (Wildman–Crippen LogP) is 7.23. The van der Waals surface area contributed by atoms with E-state index in [0.29, 0.717) is 54.6 Å². The molecular formula is C47H73N7O10. The standard InChI is InChI=1S/C47H73N7O10/c1-31(2)29-38(50-44(57)61-46(5,6)7)42(55)63-52-40(48)34-14-18-36(19-15-34)59-27-11-13-33-22-25-54(26-23-33)24-12-28-60-37-20-16-35(17-21-37)41(49)53-64-43(56)39(30-32(3)4)51-45(58)62-47(8,9)10/h14-21,31-33,38-39H,11-13,22-30H2,1-10H3,(H2,48,52)(H2,49,53)(H,50,57)(H,51,58)/t38-,39+/m1/s1. The molecule has 64 heavy (non-hydrogen) atoms. The van der Waals surface area contributed by atoms with Crippen LogP contribution in [0.15, 0.2) is 58.8 Å². The monoisotopic (exact) mass is 896 g/mol. The Morgan fingerprint density at radius 3 is 1.42 bits per heavy atom. The number of nitrogens with one attached hydrogen (secondary N) is 2. The summed E-state index contributed by atoms with van der Waals surface area (Å²) in [4.78, 5) is 62.7. The van der Waals surface area contributed by atoms with Crippen molar-refractivity contribution < 1.29 is 47.8 Å². The van der Waals surface area contributed by atoms with Gasteiger partial charge in [-0.25, -0.2) is 19.2 Å². The normalized spacial score (nSPS) is 15.2. The predicted molar refractivity (Wildman–Crippen MR) is 246 cm³/mol. The fourth-order valence-electron chi connectivity index (χ4n) is 6.67. The molecule has 0 saturated carbocycles. The highest BCUT2D eigenvalue weighted by Crippen LogP contribution is 2.23. The van der Waals surface area contributed by atoms with Crippen LogP contribution in [-0.4, -0.2) is 96.8 Å². The van der Waals surface area contributed by atoms with Crippen molar-refractivity contribution in [3.8, 4) is 11.5 Å². The second-order valence-corrected chi connectivity index (χ2v) is 19.0. The van der Waals surface area contributed by atoms with Crippen LogP contribution in [0, 0.1) is 17.8 Å². The maximum atomic E-state index is 12.7. The first-order valence-electron chi connectivity index (χ1n) is 22.3. The fraction of sp³-hybridized carbons (Fsp3) is 0.617. The van der Waals surface area contributed by atoms with Gasteiger partial charge in [-0.15, -0.1) is 0 Å². The Morgan fingerprint density at radius 2 is 1.05 bits per heavy atom. The lowest BCUT2D eigenvalue weighted by Gasteiger charge is -2.32. The molecule has 2 aromatic rings. The Hall–Kier alpha value is -5.58. The minimum atomic E-state index is -0.940. The molecule has 0 unspecified atom stereocenters. The van der Waals surface area contributed by atoms with Crippen LogP contribution in [0.1, 0.15) is 125 Å². The number of amides is 2. The zero-order valence-corrected chi connectivity index (χ0v) is 39.6. The van der Waals surface area contributed by atoms with Gasteiger partial charge in [0, 0.05) is 17.7 Å². The molecule has 17 heteroatoms. The number of alkyl carbamates (subject to hydrolysis) is 2. The number of carbonyl (C=O) groups excluding carboxylic acids is 4. The van der Waals surface area contributed by atoms with Gasteiger partial charge in [-0.3, -0.25) is 0 Å². The summed E-state index contributed by atoms with van der Waals surface area (Å²) in [6, 6.07) is 12.3. The smallest absolute Gasteiger partial charge is 0.408 e. The molecule has 1 aliphatic heterocycles. The lowest BCUT2D eigenvalue weighted by molar-refractivity contribution is -0.147. The summed E-state index contributed by atoms with van der Waals surface area (Å²) in [5.41, 5.74) is 11.9. The molecule has 1 saturated heterocycles. The lowest BCUT2D eigenvalue weighted by atomic mass is 9.92. The molecule has 0 aromatic heterocycles. The number of carbonyl (C=O) groups is 4. The summed E-state index contributed by atoms with van der Waals surface area (Å²) < 4.78 is 22.5. The second kappa shape index (κ2) is 25.6. The Bertz CT molecular complexity index is 1700. The van der Waals surface area contributed by atoms with Crippen molar-refractivity contribution in [2.24, 2.45) is 39.5 Å². The molecule has 6 N–H and O–H groups in total. The van der Waals surface area contributed by atoms with E-state index in [9.17, 15) is 19.2 Å². The Balaban J connectivity index is 1.31. The molecular weight excluding hydrogens is 823 g/mol. The lowest BCUT2D eigenvalue weighted by Crippen LogP contribution is -2.44. The topological polar surface area (TPSA) is 228 Å². The number of amidine groups is 2. The van der Waals surface area contributed by atoms with Gasteiger partial charge in [0.15, 0.2) is 11.7 Å². The van der Waals surface area contributed by atoms with Crippen molar-refractivity contribution in [3.05, 3.63) is 59.7 Å². The van der Waals surface area contributed by atoms with Crippen LogP contribution in [0.25, 0.3) is 0 Å². The highest BCUT2D eigenvalue weighted by Gasteiger charge is 2.28. The molecule has 0 radical (unpaired) electrons. The zero-order valence-electron chi connectivity index (χ0n) is 39.6. The number of benzene rings is 2. The van der Waals surface area contributed by atoms with Crippen molar-refractivity contribution in [1.29, 1.82) is 0 Å². The van der Waals surface area contributed by atoms with Crippen molar-refractivity contribution in [2.75, 3.05) is 32.8 Å². The van der Waals surface area contributed by atoms with Crippen LogP contribution in [0.4, 0.5) is 9.59 Å². The Kier molecular flexibility index (Phi) is 21.1. The summed E-state index contributed by atoms with van der Waals surface area (Å²) in [6.45, 7) is 22.4. The minimum Gasteiger partial charge on any atom is -0.494 e. The van der Waals surface area contributed by atoms with Gasteiger partial charge in [0.25, 0.3) is 0 Å². The molecule has 1 heterocycles. The van der Waals surface area contributed by atoms with Crippen LogP contribution in [0.3, 0.4) is 0 Å². The molecule has 1 aliphatic rings. The molecule has 356 valence electrons. The van der Waals surface area contributed by atoms with E-state index < -0.39 is 47.4 Å². The van der Waals surface area contributed by atoms with E-state index in [1.165, 1.54) is 0 Å². The number of oxime groups is 2. The first kappa shape index (κ1) is 52.8. The van der Waals surface area contributed by atoms with E-state index in [4.69, 9.17) is 40.1 Å². The SMILES string of the molecule is CC(C)C[C@H](NC(=O)OC(C)(C)C)C(=O)ON=C(N)c1ccc(OCCCN2CCC(CCCOc3ccc(C(N)=NOC(=O)[C@@H](CC(C)C)NC(=O)OC(C)(C)C)cc3)CC2)cc1. The van der Waals surface area contributed by atoms with Crippen molar-refractivity contribution in [1.82, 2.24) is 15.5 Å². The number of likely N-dealkylation sites (tertiary alicyclic amines) is 1. The molecule has 0 aliphatic carbocycles. The van der Waals surface area contributed by atoms with Gasteiger partial charge in [-0.2, -0.15) is 0 Å². The van der Waals surface area contributed by atoms with Gasteiger partial charge in [-0.05, 0) is 166 Å². The average Bonchev–Trinajstić information content (AvgIpc) is 3.20. The van der Waals surface area contributed by atoms with Gasteiger partial charge in [0.05, 0.1) is 13.2 Å². The van der Waals surface area contributed by atoms with Gasteiger partial charge in [-0.1, -0.05) is 38.0 Å². The molecule has 2 amide bonds. The van der Waals surface area contributed by atoms with Gasteiger partial charge < -0.3 is 55.6 Å². The van der Waals surface area contributed by atoms with E-state index in [2.05, 4.69) is 25.8 Å². The molecule has 0 spiro atoms. The molecule has 3 rings (SSSR count). The number of hydrogen-bond acceptors (Lipinski definition) is 13. The van der Waals surface area contributed by atoms with Crippen LogP contribution < -0.4 is 31.6 Å². The van der Waals surface area contributed by atoms with Crippen molar-refractivity contribution in [2.45, 2.75) is 137 Å². The number of nitrogens with zero attached hydrogens (tertiary/aromatic N) is 3. The number of rotatable bonds is 22. The third-order valence-electron chi connectivity index (χ3n) is 9.75. The number of ether oxygens (including phenoxy) is 4. The number of nitrogens with two attached hydrogens (primary N) is 2. The zero-order chi connectivity index (χ0) is 47.5. The molecule has 2 aromatic carbocycles. The van der Waals surface area contributed by atoms with Gasteiger partial charge in [0.1, 0.15) is 34.8 Å². The minimum absolute atomic E-state index is 0.0169. The summed E-state index contributed by atoms with van der Waals surface area (Å²) in [6.07, 6.45) is 4.48. The van der Waals surface area contributed by atoms with E-state index in [0.717, 1.165) is 51.7 Å². The summed E-state index contributed by atoms with van der Waals surface area (Å²) >= 11 is 0. The van der Waals surface area contributed by atoms with Crippen molar-refractivity contribution in [3.63, 3.8) is 0 Å².